The summed E-state index contributed by atoms with van der Waals surface area (Å²) in [6, 6.07) is 14.1. The molecule has 0 heterocycles. The van der Waals surface area contributed by atoms with Gasteiger partial charge in [-0.1, -0.05) is 49.1 Å². The number of alkyl halides is 3. The summed E-state index contributed by atoms with van der Waals surface area (Å²) < 4.78 is 38.9. The summed E-state index contributed by atoms with van der Waals surface area (Å²) in [4.78, 5) is 14.3. The number of nitrogens with one attached hydrogen (secondary N) is 2. The number of hydrogen-bond acceptors (Lipinski definition) is 2. The van der Waals surface area contributed by atoms with Gasteiger partial charge in [0.2, 0.25) is 0 Å². The Morgan fingerprint density at radius 2 is 1.67 bits per heavy atom. The molecular weight excluding hydrogens is 391 g/mol. The lowest BCUT2D eigenvalue weighted by molar-refractivity contribution is -0.132. The zero-order valence-corrected chi connectivity index (χ0v) is 17.1. The van der Waals surface area contributed by atoms with Crippen molar-refractivity contribution in [3.05, 3.63) is 54.1 Å². The number of amides is 2. The number of halogens is 3. The Morgan fingerprint density at radius 3 is 2.33 bits per heavy atom. The molecule has 2 amide bonds. The molecule has 7 heteroatoms. The molecule has 2 aromatic rings. The monoisotopic (exact) mass is 419 g/mol. The second-order valence-corrected chi connectivity index (χ2v) is 7.81. The summed E-state index contributed by atoms with van der Waals surface area (Å²) >= 11 is 0. The third-order valence-electron chi connectivity index (χ3n) is 5.42. The van der Waals surface area contributed by atoms with Gasteiger partial charge in [0.15, 0.2) is 0 Å². The lowest BCUT2D eigenvalue weighted by Crippen LogP contribution is -2.39. The summed E-state index contributed by atoms with van der Waals surface area (Å²) in [5.74, 6) is 0. The third-order valence-corrected chi connectivity index (χ3v) is 5.42. The van der Waals surface area contributed by atoms with Crippen LogP contribution in [0.5, 0.6) is 0 Å². The van der Waals surface area contributed by atoms with Gasteiger partial charge in [-0.05, 0) is 44.0 Å². The lowest BCUT2D eigenvalue weighted by Gasteiger charge is -2.37. The van der Waals surface area contributed by atoms with Crippen molar-refractivity contribution in [2.45, 2.75) is 57.7 Å². The maximum atomic E-state index is 13.0. The van der Waals surface area contributed by atoms with Crippen LogP contribution in [-0.4, -0.2) is 24.8 Å². The van der Waals surface area contributed by atoms with E-state index >= 15 is 0 Å². The Kier molecular flexibility index (Phi) is 7.24. The molecule has 2 N–H and O–H groups in total. The van der Waals surface area contributed by atoms with Gasteiger partial charge in [0.05, 0.1) is 17.8 Å². The van der Waals surface area contributed by atoms with Crippen LogP contribution in [0.1, 0.15) is 44.1 Å². The van der Waals surface area contributed by atoms with Crippen molar-refractivity contribution < 1.29 is 18.0 Å². The Bertz CT molecular complexity index is 830. The Balaban J connectivity index is 1.78. The van der Waals surface area contributed by atoms with Gasteiger partial charge in [-0.3, -0.25) is 0 Å². The minimum Gasteiger partial charge on any atom is -0.367 e. The largest absolute Gasteiger partial charge is 0.390 e. The van der Waals surface area contributed by atoms with E-state index in [9.17, 15) is 18.0 Å². The van der Waals surface area contributed by atoms with Crippen LogP contribution in [0.15, 0.2) is 48.5 Å². The number of rotatable bonds is 6. The highest BCUT2D eigenvalue weighted by Gasteiger charge is 2.31. The standard InChI is InChI=1S/C23H28F3N3O/c1-17-11-13-18(14-12-17)27-22(30)28-20-9-5-6-10-21(20)29(16-15-23(24,25)26)19-7-3-2-4-8-19/h5-6,9-14,19H,2-4,7-8,15-16H2,1H3,(H2,27,28,30). The van der Waals surface area contributed by atoms with Gasteiger partial charge in [0, 0.05) is 18.3 Å². The molecule has 0 unspecified atom stereocenters. The lowest BCUT2D eigenvalue weighted by atomic mass is 9.93. The van der Waals surface area contributed by atoms with Crippen LogP contribution in [0, 0.1) is 6.92 Å². The summed E-state index contributed by atoms with van der Waals surface area (Å²) in [6.45, 7) is 1.84. The quantitative estimate of drug-likeness (QED) is 0.545. The molecule has 1 fully saturated rings. The Morgan fingerprint density at radius 1 is 1.00 bits per heavy atom. The second kappa shape index (κ2) is 9.87. The molecule has 0 bridgehead atoms. The zero-order valence-electron chi connectivity index (χ0n) is 17.1. The normalized spacial score (nSPS) is 14.9. The van der Waals surface area contributed by atoms with Crippen molar-refractivity contribution in [1.82, 2.24) is 0 Å². The molecule has 4 nitrogen and oxygen atoms in total. The fourth-order valence-electron chi connectivity index (χ4n) is 3.89. The van der Waals surface area contributed by atoms with E-state index in [1.54, 1.807) is 36.4 Å². The Labute approximate surface area is 175 Å². The highest BCUT2D eigenvalue weighted by molar-refractivity contribution is 6.01. The van der Waals surface area contributed by atoms with Gasteiger partial charge >= 0.3 is 12.2 Å². The molecule has 1 aliphatic carbocycles. The van der Waals surface area contributed by atoms with Gasteiger partial charge in [-0.2, -0.15) is 13.2 Å². The number of aryl methyl sites for hydroxylation is 1. The van der Waals surface area contributed by atoms with Crippen molar-refractivity contribution in [3.8, 4) is 0 Å². The topological polar surface area (TPSA) is 44.4 Å². The van der Waals surface area contributed by atoms with Gasteiger partial charge in [-0.15, -0.1) is 0 Å². The molecule has 162 valence electrons. The van der Waals surface area contributed by atoms with E-state index < -0.39 is 18.6 Å². The molecule has 0 atom stereocenters. The molecule has 0 saturated heterocycles. The van der Waals surface area contributed by atoms with Crippen LogP contribution < -0.4 is 15.5 Å². The first-order valence-electron chi connectivity index (χ1n) is 10.4. The Hall–Kier alpha value is -2.70. The molecule has 3 rings (SSSR count). The maximum absolute atomic E-state index is 13.0. The van der Waals surface area contributed by atoms with E-state index in [0.717, 1.165) is 37.7 Å². The molecule has 30 heavy (non-hydrogen) atoms. The summed E-state index contributed by atoms with van der Waals surface area (Å²) in [5.41, 5.74) is 2.87. The first-order chi connectivity index (χ1) is 14.3. The smallest absolute Gasteiger partial charge is 0.367 e. The fourth-order valence-corrected chi connectivity index (χ4v) is 3.89. The first-order valence-corrected chi connectivity index (χ1v) is 10.4. The molecule has 0 radical (unpaired) electrons. The van der Waals surface area contributed by atoms with Crippen molar-refractivity contribution in [1.29, 1.82) is 0 Å². The minimum absolute atomic E-state index is 0.0456. The first kappa shape index (κ1) is 22.0. The van der Waals surface area contributed by atoms with Crippen LogP contribution in [0.2, 0.25) is 0 Å². The number of hydrogen-bond donors (Lipinski definition) is 2. The molecule has 0 spiro atoms. The molecule has 0 aromatic heterocycles. The highest BCUT2D eigenvalue weighted by atomic mass is 19.4. The molecule has 2 aromatic carbocycles. The van der Waals surface area contributed by atoms with E-state index in [0.29, 0.717) is 17.1 Å². The van der Waals surface area contributed by atoms with Crippen LogP contribution in [-0.2, 0) is 0 Å². The average Bonchev–Trinajstić information content (AvgIpc) is 2.71. The predicted octanol–water partition coefficient (Wildman–Crippen LogP) is 6.73. The minimum atomic E-state index is -4.22. The van der Waals surface area contributed by atoms with Crippen molar-refractivity contribution >= 4 is 23.1 Å². The van der Waals surface area contributed by atoms with Crippen LogP contribution in [0.25, 0.3) is 0 Å². The van der Waals surface area contributed by atoms with Gasteiger partial charge in [-0.25, -0.2) is 4.79 Å². The number of carbonyl (C=O) groups excluding carboxylic acids is 1. The zero-order chi connectivity index (χ0) is 21.6. The number of urea groups is 1. The molecule has 1 aliphatic rings. The average molecular weight is 419 g/mol. The van der Waals surface area contributed by atoms with Crippen LogP contribution in [0.3, 0.4) is 0 Å². The molecular formula is C23H28F3N3O. The summed E-state index contributed by atoms with van der Waals surface area (Å²) in [6.07, 6.45) is -0.245. The summed E-state index contributed by atoms with van der Waals surface area (Å²) in [5, 5.41) is 5.59. The van der Waals surface area contributed by atoms with Gasteiger partial charge in [0.1, 0.15) is 0 Å². The SMILES string of the molecule is Cc1ccc(NC(=O)Nc2ccccc2N(CCC(F)(F)F)C2CCCCC2)cc1. The number of para-hydroxylation sites is 2. The van der Waals surface area contributed by atoms with Crippen LogP contribution >= 0.6 is 0 Å². The van der Waals surface area contributed by atoms with Crippen molar-refractivity contribution in [2.75, 3.05) is 22.1 Å². The van der Waals surface area contributed by atoms with Gasteiger partial charge < -0.3 is 15.5 Å². The second-order valence-electron chi connectivity index (χ2n) is 7.81. The number of carbonyl (C=O) groups is 1. The molecule has 1 saturated carbocycles. The highest BCUT2D eigenvalue weighted by Crippen LogP contribution is 2.34. The van der Waals surface area contributed by atoms with E-state index in [1.165, 1.54) is 0 Å². The fraction of sp³-hybridized carbons (Fsp3) is 0.435. The summed E-state index contributed by atoms with van der Waals surface area (Å²) in [7, 11) is 0. The number of nitrogens with zero attached hydrogens (tertiary/aromatic N) is 1. The van der Waals surface area contributed by atoms with E-state index in [-0.39, 0.29) is 12.6 Å². The van der Waals surface area contributed by atoms with E-state index in [1.807, 2.05) is 24.0 Å². The number of benzene rings is 2. The van der Waals surface area contributed by atoms with Crippen molar-refractivity contribution in [2.24, 2.45) is 0 Å². The van der Waals surface area contributed by atoms with E-state index in [4.69, 9.17) is 0 Å². The molecule has 0 aliphatic heterocycles. The maximum Gasteiger partial charge on any atom is 0.390 e. The van der Waals surface area contributed by atoms with Gasteiger partial charge in [0.25, 0.3) is 0 Å². The van der Waals surface area contributed by atoms with E-state index in [2.05, 4.69) is 10.6 Å². The number of anilines is 3. The van der Waals surface area contributed by atoms with Crippen molar-refractivity contribution in [3.63, 3.8) is 0 Å². The van der Waals surface area contributed by atoms with Crippen LogP contribution in [0.4, 0.5) is 35.0 Å². The third kappa shape index (κ3) is 6.40. The predicted molar refractivity (Wildman–Crippen MR) is 115 cm³/mol.